The summed E-state index contributed by atoms with van der Waals surface area (Å²) in [5, 5.41) is 7.21. The van der Waals surface area contributed by atoms with Gasteiger partial charge in [0.05, 0.1) is 17.7 Å². The molecular weight excluding hydrogens is 288 g/mol. The molecule has 0 aliphatic carbocycles. The minimum atomic E-state index is -0.649. The minimum absolute atomic E-state index is 0.257. The van der Waals surface area contributed by atoms with Gasteiger partial charge in [-0.15, -0.1) is 11.3 Å². The highest BCUT2D eigenvalue weighted by atomic mass is 32.1. The average Bonchev–Trinajstić information content (AvgIpc) is 3.02. The zero-order chi connectivity index (χ0) is 15.2. The number of amides is 2. The van der Waals surface area contributed by atoms with Crippen LogP contribution in [0.25, 0.3) is 0 Å². The lowest BCUT2D eigenvalue weighted by atomic mass is 10.2. The number of hydrogen-bond acceptors (Lipinski definition) is 4. The number of nitrogens with one attached hydrogen (secondary N) is 2. The molecule has 1 aromatic carbocycles. The number of anilines is 1. The molecule has 0 unspecified atom stereocenters. The topological polar surface area (TPSA) is 67.4 Å². The van der Waals surface area contributed by atoms with Crippen LogP contribution in [0, 0.1) is 0 Å². The van der Waals surface area contributed by atoms with Gasteiger partial charge >= 0.3 is 0 Å². The van der Waals surface area contributed by atoms with Crippen LogP contribution in [-0.2, 0) is 4.79 Å². The first-order chi connectivity index (χ1) is 10.1. The van der Waals surface area contributed by atoms with E-state index in [1.807, 2.05) is 11.4 Å². The van der Waals surface area contributed by atoms with Crippen LogP contribution in [0.3, 0.4) is 0 Å². The summed E-state index contributed by atoms with van der Waals surface area (Å²) in [6, 6.07) is 9.97. The average molecular weight is 304 g/mol. The van der Waals surface area contributed by atoms with E-state index in [1.54, 1.807) is 37.3 Å². The molecule has 0 saturated carbocycles. The van der Waals surface area contributed by atoms with Gasteiger partial charge in [-0.3, -0.25) is 9.59 Å². The van der Waals surface area contributed by atoms with Gasteiger partial charge in [-0.25, -0.2) is 0 Å². The molecule has 21 heavy (non-hydrogen) atoms. The molecule has 0 aliphatic rings. The predicted molar refractivity (Wildman–Crippen MR) is 82.9 cm³/mol. The number of hydrogen-bond donors (Lipinski definition) is 2. The van der Waals surface area contributed by atoms with Gasteiger partial charge in [0.2, 0.25) is 5.91 Å². The molecule has 0 spiro atoms. The Kier molecular flexibility index (Phi) is 4.94. The van der Waals surface area contributed by atoms with E-state index in [0.717, 1.165) is 0 Å². The monoisotopic (exact) mass is 304 g/mol. The van der Waals surface area contributed by atoms with Gasteiger partial charge in [-0.2, -0.15) is 0 Å². The highest BCUT2D eigenvalue weighted by Crippen LogP contribution is 2.23. The molecule has 2 rings (SSSR count). The van der Waals surface area contributed by atoms with Crippen LogP contribution >= 0.6 is 11.3 Å². The van der Waals surface area contributed by atoms with Crippen molar-refractivity contribution in [3.8, 4) is 5.75 Å². The van der Waals surface area contributed by atoms with Crippen molar-refractivity contribution in [3.05, 3.63) is 46.7 Å². The maximum atomic E-state index is 12.1. The lowest BCUT2D eigenvalue weighted by Gasteiger charge is -2.15. The van der Waals surface area contributed by atoms with Crippen LogP contribution in [-0.4, -0.2) is 25.0 Å². The molecular formula is C15H16N2O3S. The summed E-state index contributed by atoms with van der Waals surface area (Å²) in [5.74, 6) is 0.0136. The zero-order valence-corrected chi connectivity index (χ0v) is 12.6. The van der Waals surface area contributed by atoms with Crippen molar-refractivity contribution in [1.29, 1.82) is 0 Å². The van der Waals surface area contributed by atoms with Crippen LogP contribution < -0.4 is 15.4 Å². The molecule has 0 radical (unpaired) electrons. The van der Waals surface area contributed by atoms with Crippen molar-refractivity contribution >= 4 is 28.8 Å². The molecule has 5 nitrogen and oxygen atoms in total. The number of methoxy groups -OCH3 is 1. The van der Waals surface area contributed by atoms with E-state index in [9.17, 15) is 9.59 Å². The van der Waals surface area contributed by atoms with Gasteiger partial charge < -0.3 is 15.4 Å². The summed E-state index contributed by atoms with van der Waals surface area (Å²) in [6.07, 6.45) is 0. The lowest BCUT2D eigenvalue weighted by molar-refractivity contribution is -0.117. The molecule has 6 heteroatoms. The second kappa shape index (κ2) is 6.90. The summed E-state index contributed by atoms with van der Waals surface area (Å²) in [4.78, 5) is 24.6. The fourth-order valence-corrected chi connectivity index (χ4v) is 2.36. The first-order valence-electron chi connectivity index (χ1n) is 6.40. The van der Waals surface area contributed by atoms with Crippen molar-refractivity contribution < 1.29 is 14.3 Å². The Balaban J connectivity index is 1.98. The number of benzene rings is 1. The van der Waals surface area contributed by atoms with E-state index >= 15 is 0 Å². The van der Waals surface area contributed by atoms with E-state index in [1.165, 1.54) is 18.4 Å². The Morgan fingerprint density at radius 1 is 1.19 bits per heavy atom. The van der Waals surface area contributed by atoms with E-state index in [-0.39, 0.29) is 11.8 Å². The van der Waals surface area contributed by atoms with Gasteiger partial charge in [0, 0.05) is 0 Å². The third-order valence-electron chi connectivity index (χ3n) is 2.85. The Morgan fingerprint density at radius 3 is 2.62 bits per heavy atom. The molecule has 2 aromatic rings. The SMILES string of the molecule is COc1ccccc1NC(=O)[C@H](C)NC(=O)c1cccs1. The van der Waals surface area contributed by atoms with E-state index in [2.05, 4.69) is 10.6 Å². The minimum Gasteiger partial charge on any atom is -0.495 e. The summed E-state index contributed by atoms with van der Waals surface area (Å²) in [7, 11) is 1.53. The molecule has 0 bridgehead atoms. The number of thiophene rings is 1. The Hall–Kier alpha value is -2.34. The van der Waals surface area contributed by atoms with Crippen molar-refractivity contribution in [1.82, 2.24) is 5.32 Å². The lowest BCUT2D eigenvalue weighted by Crippen LogP contribution is -2.41. The maximum Gasteiger partial charge on any atom is 0.261 e. The van der Waals surface area contributed by atoms with E-state index < -0.39 is 6.04 Å². The second-order valence-electron chi connectivity index (χ2n) is 4.36. The highest BCUT2D eigenvalue weighted by Gasteiger charge is 2.18. The summed E-state index contributed by atoms with van der Waals surface area (Å²) in [6.45, 7) is 1.64. The molecule has 1 aromatic heterocycles. The molecule has 0 fully saturated rings. The Labute approximate surface area is 126 Å². The van der Waals surface area contributed by atoms with Crippen molar-refractivity contribution in [2.75, 3.05) is 12.4 Å². The molecule has 2 amide bonds. The van der Waals surface area contributed by atoms with Gasteiger partial charge in [0.1, 0.15) is 11.8 Å². The molecule has 110 valence electrons. The van der Waals surface area contributed by atoms with Gasteiger partial charge in [-0.1, -0.05) is 18.2 Å². The van der Waals surface area contributed by atoms with Gasteiger partial charge in [0.15, 0.2) is 0 Å². The number of para-hydroxylation sites is 2. The van der Waals surface area contributed by atoms with Crippen LogP contribution in [0.15, 0.2) is 41.8 Å². The quantitative estimate of drug-likeness (QED) is 0.892. The largest absolute Gasteiger partial charge is 0.495 e. The maximum absolute atomic E-state index is 12.1. The fraction of sp³-hybridized carbons (Fsp3) is 0.200. The third kappa shape index (κ3) is 3.82. The summed E-state index contributed by atoms with van der Waals surface area (Å²) in [5.41, 5.74) is 0.572. The Bertz CT molecular complexity index is 626. The van der Waals surface area contributed by atoms with Crippen LogP contribution in [0.1, 0.15) is 16.6 Å². The molecule has 0 saturated heterocycles. The van der Waals surface area contributed by atoms with Crippen LogP contribution in [0.5, 0.6) is 5.75 Å². The molecule has 0 aliphatic heterocycles. The first kappa shape index (κ1) is 15.1. The molecule has 1 atom stereocenters. The normalized spacial score (nSPS) is 11.5. The standard InChI is InChI=1S/C15H16N2O3S/c1-10(16-15(19)13-8-5-9-21-13)14(18)17-11-6-3-4-7-12(11)20-2/h3-10H,1-2H3,(H,16,19)(H,17,18)/t10-/m0/s1. The molecule has 1 heterocycles. The summed E-state index contributed by atoms with van der Waals surface area (Å²) < 4.78 is 5.17. The van der Waals surface area contributed by atoms with Crippen molar-refractivity contribution in [3.63, 3.8) is 0 Å². The van der Waals surface area contributed by atoms with Crippen LogP contribution in [0.4, 0.5) is 5.69 Å². The number of carbonyl (C=O) groups is 2. The number of rotatable bonds is 5. The van der Waals surface area contributed by atoms with Crippen molar-refractivity contribution in [2.45, 2.75) is 13.0 Å². The molecule has 2 N–H and O–H groups in total. The summed E-state index contributed by atoms with van der Waals surface area (Å²) >= 11 is 1.33. The van der Waals surface area contributed by atoms with Gasteiger partial charge in [0.25, 0.3) is 5.91 Å². The van der Waals surface area contributed by atoms with E-state index in [0.29, 0.717) is 16.3 Å². The second-order valence-corrected chi connectivity index (χ2v) is 5.31. The Morgan fingerprint density at radius 2 is 1.95 bits per heavy atom. The highest BCUT2D eigenvalue weighted by molar-refractivity contribution is 7.12. The third-order valence-corrected chi connectivity index (χ3v) is 3.72. The number of carbonyl (C=O) groups excluding carboxylic acids is 2. The van der Waals surface area contributed by atoms with Gasteiger partial charge in [-0.05, 0) is 30.5 Å². The first-order valence-corrected chi connectivity index (χ1v) is 7.28. The van der Waals surface area contributed by atoms with Crippen LogP contribution in [0.2, 0.25) is 0 Å². The predicted octanol–water partition coefficient (Wildman–Crippen LogP) is 2.51. The zero-order valence-electron chi connectivity index (χ0n) is 11.8. The smallest absolute Gasteiger partial charge is 0.261 e. The van der Waals surface area contributed by atoms with Crippen molar-refractivity contribution in [2.24, 2.45) is 0 Å². The van der Waals surface area contributed by atoms with E-state index in [4.69, 9.17) is 4.74 Å². The fourth-order valence-electron chi connectivity index (χ4n) is 1.73. The number of ether oxygens (including phenoxy) is 1.